The molecule has 1 heterocycles. The second kappa shape index (κ2) is 4.36. The molecule has 1 saturated carbocycles. The number of hydrogen-bond donors (Lipinski definition) is 1. The summed E-state index contributed by atoms with van der Waals surface area (Å²) in [6.45, 7) is 6.84. The Morgan fingerprint density at radius 2 is 2.19 bits per heavy atom. The van der Waals surface area contributed by atoms with Crippen LogP contribution in [-0.2, 0) is 0 Å². The number of hydrogen-bond acceptors (Lipinski definition) is 3. The van der Waals surface area contributed by atoms with Crippen LogP contribution < -0.4 is 10.5 Å². The van der Waals surface area contributed by atoms with Crippen molar-refractivity contribution < 1.29 is 4.74 Å². The van der Waals surface area contributed by atoms with Crippen LogP contribution in [-0.4, -0.2) is 16.4 Å². The summed E-state index contributed by atoms with van der Waals surface area (Å²) in [4.78, 5) is 0. The third-order valence-electron chi connectivity index (χ3n) is 3.04. The Hall–Kier alpha value is -1.19. The molecule has 90 valence electrons. The first-order chi connectivity index (χ1) is 7.59. The molecular formula is C12H21N3O. The van der Waals surface area contributed by atoms with E-state index in [9.17, 15) is 0 Å². The average Bonchev–Trinajstić information content (AvgIpc) is 2.99. The summed E-state index contributed by atoms with van der Waals surface area (Å²) in [5.74, 6) is 1.63. The van der Waals surface area contributed by atoms with Gasteiger partial charge in [0, 0.05) is 0 Å². The zero-order valence-electron chi connectivity index (χ0n) is 10.4. The summed E-state index contributed by atoms with van der Waals surface area (Å²) < 4.78 is 7.65. The Labute approximate surface area is 96.8 Å². The molecule has 2 N–H and O–H groups in total. The fraction of sp³-hybridized carbons (Fsp3) is 0.750. The van der Waals surface area contributed by atoms with Crippen LogP contribution in [0.25, 0.3) is 0 Å². The molecule has 0 atom stereocenters. The molecule has 16 heavy (non-hydrogen) atoms. The second-order valence-electron chi connectivity index (χ2n) is 4.92. The van der Waals surface area contributed by atoms with Gasteiger partial charge in [-0.3, -0.25) is 0 Å². The minimum Gasteiger partial charge on any atom is -0.476 e. The van der Waals surface area contributed by atoms with Crippen molar-refractivity contribution in [3.63, 3.8) is 0 Å². The van der Waals surface area contributed by atoms with Gasteiger partial charge in [-0.1, -0.05) is 12.8 Å². The number of aromatic nitrogens is 2. The van der Waals surface area contributed by atoms with E-state index in [0.717, 1.165) is 30.5 Å². The van der Waals surface area contributed by atoms with Crippen LogP contribution in [0, 0.1) is 12.8 Å². The minimum absolute atomic E-state index is 0.284. The van der Waals surface area contributed by atoms with E-state index in [-0.39, 0.29) is 6.04 Å². The molecule has 4 heteroatoms. The topological polar surface area (TPSA) is 53.1 Å². The predicted molar refractivity (Wildman–Crippen MR) is 64.6 cm³/mol. The maximum atomic E-state index is 5.97. The maximum absolute atomic E-state index is 5.97. The number of aryl methyl sites for hydroxylation is 1. The quantitative estimate of drug-likeness (QED) is 0.834. The van der Waals surface area contributed by atoms with Crippen LogP contribution in [0.2, 0.25) is 0 Å². The van der Waals surface area contributed by atoms with Crippen molar-refractivity contribution in [1.82, 2.24) is 9.78 Å². The van der Waals surface area contributed by atoms with E-state index in [1.54, 1.807) is 0 Å². The first kappa shape index (κ1) is 11.3. The average molecular weight is 223 g/mol. The van der Waals surface area contributed by atoms with Crippen LogP contribution in [0.1, 0.15) is 44.8 Å². The summed E-state index contributed by atoms with van der Waals surface area (Å²) in [6, 6.07) is 0.284. The smallest absolute Gasteiger partial charge is 0.236 e. The lowest BCUT2D eigenvalue weighted by atomic mass is 10.3. The second-order valence-corrected chi connectivity index (χ2v) is 4.92. The van der Waals surface area contributed by atoms with Gasteiger partial charge in [0.1, 0.15) is 5.69 Å². The van der Waals surface area contributed by atoms with Gasteiger partial charge in [-0.2, -0.15) is 5.10 Å². The van der Waals surface area contributed by atoms with Crippen molar-refractivity contribution in [1.29, 1.82) is 0 Å². The molecule has 0 saturated heterocycles. The molecule has 0 unspecified atom stereocenters. The molecule has 1 aliphatic carbocycles. The number of rotatable bonds is 5. The van der Waals surface area contributed by atoms with Crippen LogP contribution >= 0.6 is 0 Å². The van der Waals surface area contributed by atoms with E-state index >= 15 is 0 Å². The zero-order chi connectivity index (χ0) is 11.7. The highest BCUT2D eigenvalue weighted by Crippen LogP contribution is 2.33. The SMILES string of the molecule is Cc1nn(C(C)C)c(OCCC2CC2)c1N. The highest BCUT2D eigenvalue weighted by atomic mass is 16.5. The fourth-order valence-electron chi connectivity index (χ4n) is 1.76. The van der Waals surface area contributed by atoms with Gasteiger partial charge in [0.2, 0.25) is 5.88 Å². The van der Waals surface area contributed by atoms with Gasteiger partial charge in [-0.05, 0) is 33.1 Å². The van der Waals surface area contributed by atoms with E-state index in [1.807, 2.05) is 11.6 Å². The highest BCUT2D eigenvalue weighted by Gasteiger charge is 2.22. The number of nitrogen functional groups attached to an aromatic ring is 1. The largest absolute Gasteiger partial charge is 0.476 e. The fourth-order valence-corrected chi connectivity index (χ4v) is 1.76. The van der Waals surface area contributed by atoms with Gasteiger partial charge in [-0.15, -0.1) is 0 Å². The molecule has 1 aromatic heterocycles. The van der Waals surface area contributed by atoms with Crippen LogP contribution in [0.15, 0.2) is 0 Å². The lowest BCUT2D eigenvalue weighted by Gasteiger charge is -2.12. The summed E-state index contributed by atoms with van der Waals surface area (Å²) in [5.41, 5.74) is 7.51. The maximum Gasteiger partial charge on any atom is 0.236 e. The third kappa shape index (κ3) is 2.31. The molecule has 0 aliphatic heterocycles. The Balaban J connectivity index is 2.04. The van der Waals surface area contributed by atoms with Gasteiger partial charge in [-0.25, -0.2) is 4.68 Å². The van der Waals surface area contributed by atoms with Gasteiger partial charge in [0.05, 0.1) is 18.3 Å². The van der Waals surface area contributed by atoms with E-state index in [2.05, 4.69) is 18.9 Å². The first-order valence-electron chi connectivity index (χ1n) is 6.07. The summed E-state index contributed by atoms with van der Waals surface area (Å²) >= 11 is 0. The standard InChI is InChI=1S/C12H21N3O/c1-8(2)15-12(11(13)9(3)14-15)16-7-6-10-4-5-10/h8,10H,4-7,13H2,1-3H3. The summed E-state index contributed by atoms with van der Waals surface area (Å²) in [7, 11) is 0. The van der Waals surface area contributed by atoms with Crippen molar-refractivity contribution in [2.45, 2.75) is 46.1 Å². The van der Waals surface area contributed by atoms with E-state index in [0.29, 0.717) is 5.69 Å². The Kier molecular flexibility index (Phi) is 3.08. The molecule has 0 radical (unpaired) electrons. The lowest BCUT2D eigenvalue weighted by molar-refractivity contribution is 0.266. The molecule has 0 amide bonds. The van der Waals surface area contributed by atoms with Gasteiger partial charge in [0.15, 0.2) is 0 Å². The molecule has 2 rings (SSSR count). The summed E-state index contributed by atoms with van der Waals surface area (Å²) in [6.07, 6.45) is 3.87. The van der Waals surface area contributed by atoms with Crippen molar-refractivity contribution in [2.75, 3.05) is 12.3 Å². The van der Waals surface area contributed by atoms with Gasteiger partial charge < -0.3 is 10.5 Å². The lowest BCUT2D eigenvalue weighted by Crippen LogP contribution is -2.09. The van der Waals surface area contributed by atoms with Crippen molar-refractivity contribution in [3.05, 3.63) is 5.69 Å². The highest BCUT2D eigenvalue weighted by molar-refractivity contribution is 5.52. The third-order valence-corrected chi connectivity index (χ3v) is 3.04. The predicted octanol–water partition coefficient (Wildman–Crippen LogP) is 2.53. The summed E-state index contributed by atoms with van der Waals surface area (Å²) in [5, 5.41) is 4.39. The molecule has 4 nitrogen and oxygen atoms in total. The van der Waals surface area contributed by atoms with Crippen molar-refractivity contribution >= 4 is 5.69 Å². The Morgan fingerprint density at radius 1 is 1.50 bits per heavy atom. The van der Waals surface area contributed by atoms with Crippen molar-refractivity contribution in [2.24, 2.45) is 5.92 Å². The first-order valence-corrected chi connectivity index (χ1v) is 6.07. The van der Waals surface area contributed by atoms with Gasteiger partial charge >= 0.3 is 0 Å². The Morgan fingerprint density at radius 3 is 2.75 bits per heavy atom. The van der Waals surface area contributed by atoms with E-state index < -0.39 is 0 Å². The number of ether oxygens (including phenoxy) is 1. The van der Waals surface area contributed by atoms with Crippen LogP contribution in [0.3, 0.4) is 0 Å². The van der Waals surface area contributed by atoms with Crippen LogP contribution in [0.5, 0.6) is 5.88 Å². The van der Waals surface area contributed by atoms with E-state index in [1.165, 1.54) is 12.8 Å². The zero-order valence-corrected chi connectivity index (χ0v) is 10.4. The monoisotopic (exact) mass is 223 g/mol. The number of nitrogens with zero attached hydrogens (tertiary/aromatic N) is 2. The molecule has 1 aliphatic rings. The molecule has 1 fully saturated rings. The Bertz CT molecular complexity index is 367. The number of nitrogens with two attached hydrogens (primary N) is 1. The molecule has 1 aromatic rings. The molecule has 0 bridgehead atoms. The minimum atomic E-state index is 0.284. The van der Waals surface area contributed by atoms with Crippen molar-refractivity contribution in [3.8, 4) is 5.88 Å². The van der Waals surface area contributed by atoms with Gasteiger partial charge in [0.25, 0.3) is 0 Å². The molecular weight excluding hydrogens is 202 g/mol. The van der Waals surface area contributed by atoms with Crippen LogP contribution in [0.4, 0.5) is 5.69 Å². The van der Waals surface area contributed by atoms with E-state index in [4.69, 9.17) is 10.5 Å². The molecule has 0 spiro atoms. The molecule has 0 aromatic carbocycles. The number of anilines is 1. The normalized spacial score (nSPS) is 15.8.